The van der Waals surface area contributed by atoms with E-state index < -0.39 is 11.5 Å². The third-order valence-corrected chi connectivity index (χ3v) is 6.03. The van der Waals surface area contributed by atoms with Crippen molar-refractivity contribution in [1.82, 2.24) is 4.90 Å². The molecule has 1 aliphatic heterocycles. The summed E-state index contributed by atoms with van der Waals surface area (Å²) in [7, 11) is 1.59. The van der Waals surface area contributed by atoms with Gasteiger partial charge in [0.15, 0.2) is 5.60 Å². The highest BCUT2D eigenvalue weighted by molar-refractivity contribution is 5.86. The number of hydrogen-bond donors (Lipinski definition) is 1. The lowest BCUT2D eigenvalue weighted by Crippen LogP contribution is -2.61. The summed E-state index contributed by atoms with van der Waals surface area (Å²) in [5.74, 6) is 0.0674. The van der Waals surface area contributed by atoms with E-state index in [0.717, 1.165) is 22.3 Å². The maximum absolute atomic E-state index is 13.0. The number of carbonyl (C=O) groups excluding carboxylic acids is 2. The van der Waals surface area contributed by atoms with Gasteiger partial charge in [-0.25, -0.2) is 0 Å². The van der Waals surface area contributed by atoms with Gasteiger partial charge in [-0.3, -0.25) is 9.59 Å². The Hall–Kier alpha value is -3.64. The molecule has 3 aromatic carbocycles. The van der Waals surface area contributed by atoms with Gasteiger partial charge < -0.3 is 20.1 Å². The molecule has 33 heavy (non-hydrogen) atoms. The van der Waals surface area contributed by atoms with E-state index in [1.54, 1.807) is 12.0 Å². The number of benzene rings is 3. The molecule has 1 atom stereocenters. The van der Waals surface area contributed by atoms with Crippen LogP contribution in [0.2, 0.25) is 0 Å². The van der Waals surface area contributed by atoms with Gasteiger partial charge in [0, 0.05) is 13.0 Å². The maximum Gasteiger partial charge on any atom is 0.251 e. The van der Waals surface area contributed by atoms with Crippen LogP contribution < -0.4 is 10.5 Å². The van der Waals surface area contributed by atoms with E-state index in [1.165, 1.54) is 0 Å². The quantitative estimate of drug-likeness (QED) is 0.607. The van der Waals surface area contributed by atoms with E-state index in [9.17, 15) is 9.59 Å². The summed E-state index contributed by atoms with van der Waals surface area (Å²) in [4.78, 5) is 27.2. The van der Waals surface area contributed by atoms with Gasteiger partial charge in [-0.1, -0.05) is 66.7 Å². The van der Waals surface area contributed by atoms with Gasteiger partial charge in [0.25, 0.3) is 5.91 Å². The number of ether oxygens (including phenoxy) is 2. The second-order valence-electron chi connectivity index (χ2n) is 8.29. The highest BCUT2D eigenvalue weighted by Crippen LogP contribution is 2.26. The monoisotopic (exact) mass is 444 g/mol. The lowest BCUT2D eigenvalue weighted by atomic mass is 9.90. The molecular weight excluding hydrogens is 416 g/mol. The predicted molar refractivity (Wildman–Crippen MR) is 127 cm³/mol. The predicted octanol–water partition coefficient (Wildman–Crippen LogP) is 3.23. The SMILES string of the molecule is COc1cccc(CC(=O)N2CCO[C@@](Cc3ccc(-c4ccccc4)cc3)(C(N)=O)C2)c1. The molecule has 1 aliphatic rings. The van der Waals surface area contributed by atoms with Crippen molar-refractivity contribution < 1.29 is 19.1 Å². The number of methoxy groups -OCH3 is 1. The Bertz CT molecular complexity index is 1110. The van der Waals surface area contributed by atoms with Crippen LogP contribution in [0.15, 0.2) is 78.9 Å². The third-order valence-electron chi connectivity index (χ3n) is 6.03. The zero-order valence-electron chi connectivity index (χ0n) is 18.7. The fraction of sp³-hybridized carbons (Fsp3) is 0.259. The standard InChI is InChI=1S/C27H28N2O4/c1-32-24-9-5-6-21(16-24)17-25(30)29-14-15-33-27(19-29,26(28)31)18-20-10-12-23(13-11-20)22-7-3-2-4-8-22/h2-13,16H,14-15,17-19H2,1H3,(H2,28,31)/t27-/m1/s1. The first-order chi connectivity index (χ1) is 16.0. The van der Waals surface area contributed by atoms with Crippen molar-refractivity contribution in [2.75, 3.05) is 26.8 Å². The molecule has 0 spiro atoms. The summed E-state index contributed by atoms with van der Waals surface area (Å²) in [6.45, 7) is 0.811. The molecule has 0 radical (unpaired) electrons. The Morgan fingerprint density at radius 3 is 2.39 bits per heavy atom. The fourth-order valence-corrected chi connectivity index (χ4v) is 4.18. The molecule has 6 nitrogen and oxygen atoms in total. The van der Waals surface area contributed by atoms with E-state index in [4.69, 9.17) is 15.2 Å². The van der Waals surface area contributed by atoms with Gasteiger partial charge in [-0.15, -0.1) is 0 Å². The summed E-state index contributed by atoms with van der Waals surface area (Å²) in [5.41, 5.74) is 8.54. The first-order valence-electron chi connectivity index (χ1n) is 11.0. The largest absolute Gasteiger partial charge is 0.497 e. The van der Waals surface area contributed by atoms with Crippen molar-refractivity contribution in [3.05, 3.63) is 90.0 Å². The first-order valence-corrected chi connectivity index (χ1v) is 11.0. The average Bonchev–Trinajstić information content (AvgIpc) is 2.85. The second kappa shape index (κ2) is 9.88. The number of primary amides is 1. The lowest BCUT2D eigenvalue weighted by Gasteiger charge is -2.41. The van der Waals surface area contributed by atoms with Gasteiger partial charge in [0.1, 0.15) is 5.75 Å². The van der Waals surface area contributed by atoms with E-state index in [-0.39, 0.29) is 25.5 Å². The summed E-state index contributed by atoms with van der Waals surface area (Å²) in [5, 5.41) is 0. The second-order valence-corrected chi connectivity index (χ2v) is 8.29. The van der Waals surface area contributed by atoms with E-state index >= 15 is 0 Å². The number of amides is 2. The molecule has 0 unspecified atom stereocenters. The number of carbonyl (C=O) groups is 2. The number of hydrogen-bond acceptors (Lipinski definition) is 4. The molecule has 0 aliphatic carbocycles. The molecule has 1 fully saturated rings. The minimum atomic E-state index is -1.25. The van der Waals surface area contributed by atoms with Crippen LogP contribution >= 0.6 is 0 Å². The minimum absolute atomic E-state index is 0.0726. The highest BCUT2D eigenvalue weighted by Gasteiger charge is 2.43. The average molecular weight is 445 g/mol. The summed E-state index contributed by atoms with van der Waals surface area (Å²) in [6, 6.07) is 25.5. The van der Waals surface area contributed by atoms with Crippen LogP contribution in [0.25, 0.3) is 11.1 Å². The summed E-state index contributed by atoms with van der Waals surface area (Å²) < 4.78 is 11.2. The van der Waals surface area contributed by atoms with Gasteiger partial charge in [0.05, 0.1) is 26.7 Å². The topological polar surface area (TPSA) is 81.9 Å². The molecule has 6 heteroatoms. The van der Waals surface area contributed by atoms with Gasteiger partial charge in [0.2, 0.25) is 5.91 Å². The smallest absolute Gasteiger partial charge is 0.251 e. The van der Waals surface area contributed by atoms with E-state index in [1.807, 2.05) is 66.7 Å². The van der Waals surface area contributed by atoms with Gasteiger partial charge in [-0.2, -0.15) is 0 Å². The van der Waals surface area contributed by atoms with Gasteiger partial charge >= 0.3 is 0 Å². The fourth-order valence-electron chi connectivity index (χ4n) is 4.18. The Morgan fingerprint density at radius 1 is 0.970 bits per heavy atom. The molecule has 0 bridgehead atoms. The molecule has 4 rings (SSSR count). The van der Waals surface area contributed by atoms with Crippen LogP contribution in [-0.2, 0) is 27.2 Å². The number of rotatable bonds is 7. The molecule has 0 saturated carbocycles. The summed E-state index contributed by atoms with van der Waals surface area (Å²) >= 11 is 0. The normalized spacial score (nSPS) is 18.0. The van der Waals surface area contributed by atoms with Crippen LogP contribution in [0, 0.1) is 0 Å². The molecular formula is C27H28N2O4. The van der Waals surface area contributed by atoms with Crippen LogP contribution in [0.1, 0.15) is 11.1 Å². The van der Waals surface area contributed by atoms with Crippen LogP contribution in [0.3, 0.4) is 0 Å². The highest BCUT2D eigenvalue weighted by atomic mass is 16.5. The lowest BCUT2D eigenvalue weighted by molar-refractivity contribution is -0.163. The van der Waals surface area contributed by atoms with Gasteiger partial charge in [-0.05, 0) is 34.4 Å². The molecule has 1 heterocycles. The van der Waals surface area contributed by atoms with E-state index in [0.29, 0.717) is 18.7 Å². The first kappa shape index (κ1) is 22.6. The Balaban J connectivity index is 1.48. The van der Waals surface area contributed by atoms with Crippen molar-refractivity contribution in [3.63, 3.8) is 0 Å². The third kappa shape index (κ3) is 5.23. The van der Waals surface area contributed by atoms with Crippen LogP contribution in [0.4, 0.5) is 0 Å². The zero-order valence-corrected chi connectivity index (χ0v) is 18.7. The Morgan fingerprint density at radius 2 is 1.70 bits per heavy atom. The Kier molecular flexibility index (Phi) is 6.75. The van der Waals surface area contributed by atoms with Crippen molar-refractivity contribution in [2.45, 2.75) is 18.4 Å². The molecule has 1 saturated heterocycles. The van der Waals surface area contributed by atoms with Crippen LogP contribution in [-0.4, -0.2) is 49.1 Å². The van der Waals surface area contributed by atoms with Crippen molar-refractivity contribution >= 4 is 11.8 Å². The van der Waals surface area contributed by atoms with E-state index in [2.05, 4.69) is 12.1 Å². The van der Waals surface area contributed by atoms with Crippen LogP contribution in [0.5, 0.6) is 5.75 Å². The maximum atomic E-state index is 13.0. The number of nitrogens with zero attached hydrogens (tertiary/aromatic N) is 1. The van der Waals surface area contributed by atoms with Crippen molar-refractivity contribution in [2.24, 2.45) is 5.73 Å². The molecule has 3 aromatic rings. The minimum Gasteiger partial charge on any atom is -0.497 e. The Labute approximate surface area is 193 Å². The molecule has 2 amide bonds. The number of morpholine rings is 1. The van der Waals surface area contributed by atoms with Crippen molar-refractivity contribution in [1.29, 1.82) is 0 Å². The van der Waals surface area contributed by atoms with Crippen molar-refractivity contribution in [3.8, 4) is 16.9 Å². The molecule has 2 N–H and O–H groups in total. The molecule has 170 valence electrons. The number of nitrogens with two attached hydrogens (primary N) is 1. The summed E-state index contributed by atoms with van der Waals surface area (Å²) in [6.07, 6.45) is 0.526. The zero-order chi connectivity index (χ0) is 23.3. The molecule has 0 aromatic heterocycles.